The Labute approximate surface area is 115 Å². The average molecular weight is 277 g/mol. The molecule has 2 aromatic heterocycles. The van der Waals surface area contributed by atoms with Gasteiger partial charge in [-0.05, 0) is 18.6 Å². The molecule has 0 fully saturated rings. The molecule has 0 atom stereocenters. The van der Waals surface area contributed by atoms with Crippen molar-refractivity contribution >= 4 is 23.6 Å². The Morgan fingerprint density at radius 1 is 1.37 bits per heavy atom. The second-order valence-corrected chi connectivity index (χ2v) is 4.98. The fourth-order valence-corrected chi connectivity index (χ4v) is 2.52. The lowest BCUT2D eigenvalue weighted by molar-refractivity contribution is 0.0952. The molecule has 0 bridgehead atoms. The summed E-state index contributed by atoms with van der Waals surface area (Å²) in [7, 11) is 0. The molecule has 2 N–H and O–H groups in total. The largest absolute Gasteiger partial charge is 0.367 e. The third-order valence-electron chi connectivity index (χ3n) is 2.52. The Bertz CT molecular complexity index is 555. The van der Waals surface area contributed by atoms with Gasteiger partial charge in [-0.15, -0.1) is 10.2 Å². The third-order valence-corrected chi connectivity index (χ3v) is 3.53. The first-order valence-electron chi connectivity index (χ1n) is 6.02. The standard InChI is InChI=1S/C12H15N5OS/c1-2-3-8-19-12-16-15-11(13)17(12)10(18)9-4-6-14-7-5-9/h4-7H,2-3,8H2,1H3,(H2,13,15). The van der Waals surface area contributed by atoms with Gasteiger partial charge in [0.2, 0.25) is 5.95 Å². The molecule has 0 aliphatic carbocycles. The van der Waals surface area contributed by atoms with E-state index in [1.54, 1.807) is 24.5 Å². The number of nitrogens with zero attached hydrogens (tertiary/aromatic N) is 4. The number of pyridine rings is 1. The van der Waals surface area contributed by atoms with Gasteiger partial charge in [0.05, 0.1) is 0 Å². The van der Waals surface area contributed by atoms with Crippen LogP contribution in [0.15, 0.2) is 29.7 Å². The fraction of sp³-hybridized carbons (Fsp3) is 0.333. The van der Waals surface area contributed by atoms with E-state index in [1.165, 1.54) is 16.3 Å². The van der Waals surface area contributed by atoms with E-state index in [9.17, 15) is 4.79 Å². The van der Waals surface area contributed by atoms with E-state index in [0.717, 1.165) is 18.6 Å². The summed E-state index contributed by atoms with van der Waals surface area (Å²) in [6.45, 7) is 2.11. The molecular formula is C12H15N5OS. The summed E-state index contributed by atoms with van der Waals surface area (Å²) in [6.07, 6.45) is 5.28. The van der Waals surface area contributed by atoms with Crippen molar-refractivity contribution in [2.75, 3.05) is 11.5 Å². The van der Waals surface area contributed by atoms with Crippen molar-refractivity contribution in [3.05, 3.63) is 30.1 Å². The third kappa shape index (κ3) is 3.11. The van der Waals surface area contributed by atoms with Gasteiger partial charge in [0.15, 0.2) is 5.16 Å². The lowest BCUT2D eigenvalue weighted by Crippen LogP contribution is -2.16. The second-order valence-electron chi connectivity index (χ2n) is 3.92. The Balaban J connectivity index is 2.24. The Kier molecular flexibility index (Phi) is 4.51. The molecule has 7 heteroatoms. The molecule has 0 saturated carbocycles. The molecule has 0 saturated heterocycles. The first-order valence-corrected chi connectivity index (χ1v) is 7.01. The van der Waals surface area contributed by atoms with Crippen molar-refractivity contribution in [1.82, 2.24) is 19.7 Å². The summed E-state index contributed by atoms with van der Waals surface area (Å²) < 4.78 is 1.34. The van der Waals surface area contributed by atoms with Gasteiger partial charge in [0, 0.05) is 23.7 Å². The predicted molar refractivity (Wildman–Crippen MR) is 74.0 cm³/mol. The van der Waals surface area contributed by atoms with Crippen molar-refractivity contribution in [3.63, 3.8) is 0 Å². The fourth-order valence-electron chi connectivity index (χ4n) is 1.50. The molecule has 0 amide bonds. The second kappa shape index (κ2) is 6.33. The molecular weight excluding hydrogens is 262 g/mol. The molecule has 0 aromatic carbocycles. The highest BCUT2D eigenvalue weighted by Gasteiger charge is 2.18. The van der Waals surface area contributed by atoms with E-state index in [2.05, 4.69) is 22.1 Å². The quantitative estimate of drug-likeness (QED) is 0.663. The molecule has 19 heavy (non-hydrogen) atoms. The molecule has 2 aromatic rings. The highest BCUT2D eigenvalue weighted by molar-refractivity contribution is 7.99. The number of rotatable bonds is 5. The maximum Gasteiger partial charge on any atom is 0.267 e. The van der Waals surface area contributed by atoms with Crippen LogP contribution in [0.5, 0.6) is 0 Å². The zero-order chi connectivity index (χ0) is 13.7. The number of carbonyl (C=O) groups excluding carboxylic acids is 1. The number of nitrogen functional groups attached to an aromatic ring is 1. The summed E-state index contributed by atoms with van der Waals surface area (Å²) >= 11 is 1.49. The number of hydrogen-bond donors (Lipinski definition) is 1. The molecule has 0 radical (unpaired) electrons. The van der Waals surface area contributed by atoms with Crippen molar-refractivity contribution < 1.29 is 4.79 Å². The summed E-state index contributed by atoms with van der Waals surface area (Å²) in [5.74, 6) is 0.767. The monoisotopic (exact) mass is 277 g/mol. The van der Waals surface area contributed by atoms with E-state index in [-0.39, 0.29) is 11.9 Å². The zero-order valence-corrected chi connectivity index (χ0v) is 11.4. The van der Waals surface area contributed by atoms with Crippen molar-refractivity contribution in [2.24, 2.45) is 0 Å². The summed E-state index contributed by atoms with van der Waals surface area (Å²) in [6, 6.07) is 3.28. The van der Waals surface area contributed by atoms with Crippen LogP contribution in [0.1, 0.15) is 30.1 Å². The number of aromatic nitrogens is 4. The number of nitrogens with two attached hydrogens (primary N) is 1. The Morgan fingerprint density at radius 2 is 2.11 bits per heavy atom. The highest BCUT2D eigenvalue weighted by Crippen LogP contribution is 2.20. The summed E-state index contributed by atoms with van der Waals surface area (Å²) in [5.41, 5.74) is 6.24. The minimum atomic E-state index is -0.233. The van der Waals surface area contributed by atoms with Crippen LogP contribution >= 0.6 is 11.8 Å². The Hall–Kier alpha value is -1.89. The van der Waals surface area contributed by atoms with Crippen LogP contribution in [0.2, 0.25) is 0 Å². The van der Waals surface area contributed by atoms with Crippen LogP contribution in [0.25, 0.3) is 0 Å². The normalized spacial score (nSPS) is 10.6. The molecule has 0 aliphatic heterocycles. The SMILES string of the molecule is CCCCSc1nnc(N)n1C(=O)c1ccncc1. The minimum absolute atomic E-state index is 0.112. The van der Waals surface area contributed by atoms with Gasteiger partial charge in [-0.1, -0.05) is 25.1 Å². The molecule has 2 rings (SSSR count). The van der Waals surface area contributed by atoms with E-state index in [1.807, 2.05) is 0 Å². The van der Waals surface area contributed by atoms with E-state index in [0.29, 0.717) is 10.7 Å². The minimum Gasteiger partial charge on any atom is -0.367 e. The molecule has 2 heterocycles. The number of hydrogen-bond acceptors (Lipinski definition) is 6. The van der Waals surface area contributed by atoms with Crippen LogP contribution in [0.4, 0.5) is 5.95 Å². The first kappa shape index (κ1) is 13.5. The number of unbranched alkanes of at least 4 members (excludes halogenated alkanes) is 1. The maximum atomic E-state index is 12.3. The molecule has 100 valence electrons. The van der Waals surface area contributed by atoms with Crippen LogP contribution in [-0.2, 0) is 0 Å². The summed E-state index contributed by atoms with van der Waals surface area (Å²) in [4.78, 5) is 16.2. The van der Waals surface area contributed by atoms with Crippen LogP contribution in [0.3, 0.4) is 0 Å². The van der Waals surface area contributed by atoms with E-state index in [4.69, 9.17) is 5.73 Å². The van der Waals surface area contributed by atoms with Crippen LogP contribution in [0, 0.1) is 0 Å². The molecule has 0 aliphatic rings. The maximum absolute atomic E-state index is 12.3. The van der Waals surface area contributed by atoms with Gasteiger partial charge >= 0.3 is 0 Å². The molecule has 0 unspecified atom stereocenters. The van der Waals surface area contributed by atoms with Gasteiger partial charge in [-0.2, -0.15) is 0 Å². The van der Waals surface area contributed by atoms with Gasteiger partial charge in [-0.3, -0.25) is 9.78 Å². The van der Waals surface area contributed by atoms with Gasteiger partial charge < -0.3 is 5.73 Å². The van der Waals surface area contributed by atoms with Crippen LogP contribution < -0.4 is 5.73 Å². The first-order chi connectivity index (χ1) is 9.24. The van der Waals surface area contributed by atoms with Gasteiger partial charge in [0.1, 0.15) is 0 Å². The topological polar surface area (TPSA) is 86.7 Å². The van der Waals surface area contributed by atoms with E-state index >= 15 is 0 Å². The van der Waals surface area contributed by atoms with Crippen molar-refractivity contribution in [2.45, 2.75) is 24.9 Å². The zero-order valence-electron chi connectivity index (χ0n) is 10.6. The van der Waals surface area contributed by atoms with Crippen LogP contribution in [-0.4, -0.2) is 31.4 Å². The number of thioether (sulfide) groups is 1. The molecule has 0 spiro atoms. The lowest BCUT2D eigenvalue weighted by Gasteiger charge is -2.06. The van der Waals surface area contributed by atoms with E-state index < -0.39 is 0 Å². The molecule has 6 nitrogen and oxygen atoms in total. The lowest BCUT2D eigenvalue weighted by atomic mass is 10.2. The van der Waals surface area contributed by atoms with Crippen molar-refractivity contribution in [3.8, 4) is 0 Å². The summed E-state index contributed by atoms with van der Waals surface area (Å²) in [5, 5.41) is 8.26. The Morgan fingerprint density at radius 3 is 2.79 bits per heavy atom. The van der Waals surface area contributed by atoms with Gasteiger partial charge in [0.25, 0.3) is 5.91 Å². The number of anilines is 1. The van der Waals surface area contributed by atoms with Crippen molar-refractivity contribution in [1.29, 1.82) is 0 Å². The van der Waals surface area contributed by atoms with Gasteiger partial charge in [-0.25, -0.2) is 4.57 Å². The smallest absolute Gasteiger partial charge is 0.267 e. The predicted octanol–water partition coefficient (Wildman–Crippen LogP) is 1.84. The average Bonchev–Trinajstić information content (AvgIpc) is 2.80. The number of carbonyl (C=O) groups is 1. The highest BCUT2D eigenvalue weighted by atomic mass is 32.2.